The van der Waals surface area contributed by atoms with Gasteiger partial charge in [0.2, 0.25) is 0 Å². The Bertz CT molecular complexity index is 714. The first-order valence-electron chi connectivity index (χ1n) is 9.54. The second kappa shape index (κ2) is 8.25. The first kappa shape index (κ1) is 16.9. The van der Waals surface area contributed by atoms with Crippen LogP contribution >= 0.6 is 11.8 Å². The van der Waals surface area contributed by atoms with Crippen molar-refractivity contribution < 1.29 is 0 Å². The van der Waals surface area contributed by atoms with Crippen LogP contribution in [0.15, 0.2) is 65.1 Å². The number of piperidine rings is 1. The van der Waals surface area contributed by atoms with Crippen molar-refractivity contribution in [3.8, 4) is 0 Å². The summed E-state index contributed by atoms with van der Waals surface area (Å²) in [6.07, 6.45) is 7.61. The highest BCUT2D eigenvalue weighted by molar-refractivity contribution is 7.99. The molecule has 1 nitrogen and oxygen atoms in total. The summed E-state index contributed by atoms with van der Waals surface area (Å²) in [5.41, 5.74) is 4.53. The lowest BCUT2D eigenvalue weighted by molar-refractivity contribution is 0.196. The minimum atomic E-state index is 0.859. The Balaban J connectivity index is 1.32. The summed E-state index contributed by atoms with van der Waals surface area (Å²) in [6.45, 7) is 3.67. The molecule has 0 atom stereocenters. The first-order chi connectivity index (χ1) is 12.4. The molecule has 25 heavy (non-hydrogen) atoms. The Hall–Kier alpha value is -1.51. The highest BCUT2D eigenvalue weighted by atomic mass is 32.2. The molecule has 2 aliphatic heterocycles. The van der Waals surface area contributed by atoms with E-state index in [1.807, 2.05) is 11.8 Å². The summed E-state index contributed by atoms with van der Waals surface area (Å²) in [5.74, 6) is 2.07. The van der Waals surface area contributed by atoms with E-state index in [9.17, 15) is 0 Å². The van der Waals surface area contributed by atoms with Crippen LogP contribution in [0.4, 0.5) is 0 Å². The van der Waals surface area contributed by atoms with Gasteiger partial charge in [-0.3, -0.25) is 4.90 Å². The maximum atomic E-state index is 2.67. The van der Waals surface area contributed by atoms with Crippen LogP contribution < -0.4 is 0 Å². The number of fused-ring (bicyclic) bond motifs is 1. The highest BCUT2D eigenvalue weighted by Gasteiger charge is 2.20. The fourth-order valence-electron chi connectivity index (χ4n) is 4.02. The lowest BCUT2D eigenvalue weighted by Gasteiger charge is -2.32. The van der Waals surface area contributed by atoms with Crippen molar-refractivity contribution in [3.05, 3.63) is 71.3 Å². The Kier molecular flexibility index (Phi) is 5.58. The molecule has 0 aliphatic carbocycles. The summed E-state index contributed by atoms with van der Waals surface area (Å²) in [5, 5.41) is 0. The van der Waals surface area contributed by atoms with E-state index in [0.717, 1.165) is 12.5 Å². The van der Waals surface area contributed by atoms with Crippen LogP contribution in [0.3, 0.4) is 0 Å². The molecule has 0 saturated carbocycles. The molecule has 0 amide bonds. The fraction of sp³-hybridized carbons (Fsp3) is 0.391. The maximum absolute atomic E-state index is 2.67. The van der Waals surface area contributed by atoms with E-state index in [0.29, 0.717) is 0 Å². The molecule has 2 heteroatoms. The van der Waals surface area contributed by atoms with Crippen molar-refractivity contribution in [1.29, 1.82) is 0 Å². The number of likely N-dealkylation sites (tertiary alicyclic amines) is 1. The summed E-state index contributed by atoms with van der Waals surface area (Å²) >= 11 is 2.01. The smallest absolute Gasteiger partial charge is 0.0196 e. The Morgan fingerprint density at radius 1 is 0.920 bits per heavy atom. The van der Waals surface area contributed by atoms with E-state index < -0.39 is 0 Å². The number of benzene rings is 2. The van der Waals surface area contributed by atoms with Gasteiger partial charge in [0.15, 0.2) is 0 Å². The van der Waals surface area contributed by atoms with Gasteiger partial charge in [-0.25, -0.2) is 0 Å². The second-order valence-corrected chi connectivity index (χ2v) is 8.48. The molecule has 130 valence electrons. The predicted octanol–water partition coefficient (Wildman–Crippen LogP) is 5.52. The normalized spacial score (nSPS) is 19.1. The third-order valence-corrected chi connectivity index (χ3v) is 6.55. The lowest BCUT2D eigenvalue weighted by Crippen LogP contribution is -2.35. The van der Waals surface area contributed by atoms with Gasteiger partial charge in [-0.2, -0.15) is 0 Å². The summed E-state index contributed by atoms with van der Waals surface area (Å²) in [7, 11) is 0. The molecule has 1 fully saturated rings. The summed E-state index contributed by atoms with van der Waals surface area (Å²) < 4.78 is 0. The van der Waals surface area contributed by atoms with Crippen molar-refractivity contribution in [2.45, 2.75) is 30.6 Å². The van der Waals surface area contributed by atoms with Gasteiger partial charge in [0.25, 0.3) is 0 Å². The van der Waals surface area contributed by atoms with Crippen molar-refractivity contribution >= 4 is 17.8 Å². The van der Waals surface area contributed by atoms with Crippen LogP contribution in [-0.4, -0.2) is 30.3 Å². The van der Waals surface area contributed by atoms with E-state index in [2.05, 4.69) is 65.6 Å². The molecule has 0 spiro atoms. The number of nitrogens with zero attached hydrogens (tertiary/aromatic N) is 1. The molecule has 2 heterocycles. The van der Waals surface area contributed by atoms with Crippen LogP contribution in [0.2, 0.25) is 0 Å². The van der Waals surface area contributed by atoms with Crippen LogP contribution in [0.25, 0.3) is 6.08 Å². The first-order valence-corrected chi connectivity index (χ1v) is 10.5. The van der Waals surface area contributed by atoms with Gasteiger partial charge in [-0.15, -0.1) is 11.8 Å². The zero-order valence-electron chi connectivity index (χ0n) is 14.9. The van der Waals surface area contributed by atoms with E-state index in [4.69, 9.17) is 0 Å². The fourth-order valence-corrected chi connectivity index (χ4v) is 5.08. The average Bonchev–Trinajstić information content (AvgIpc) is 2.86. The van der Waals surface area contributed by atoms with Gasteiger partial charge in [0.05, 0.1) is 0 Å². The number of rotatable bonds is 4. The van der Waals surface area contributed by atoms with Gasteiger partial charge in [0, 0.05) is 17.2 Å². The van der Waals surface area contributed by atoms with Crippen molar-refractivity contribution in [3.63, 3.8) is 0 Å². The number of hydrogen-bond acceptors (Lipinski definition) is 2. The largest absolute Gasteiger partial charge is 0.299 e. The predicted molar refractivity (Wildman–Crippen MR) is 109 cm³/mol. The van der Waals surface area contributed by atoms with Crippen LogP contribution in [0.1, 0.15) is 30.4 Å². The topological polar surface area (TPSA) is 3.24 Å². The van der Waals surface area contributed by atoms with Crippen LogP contribution in [0.5, 0.6) is 0 Å². The Morgan fingerprint density at radius 3 is 2.52 bits per heavy atom. The molecule has 0 bridgehead atoms. The molecule has 0 radical (unpaired) electrons. The molecule has 2 aromatic carbocycles. The second-order valence-electron chi connectivity index (χ2n) is 7.35. The van der Waals surface area contributed by atoms with E-state index in [-0.39, 0.29) is 0 Å². The molecule has 0 N–H and O–H groups in total. The third kappa shape index (κ3) is 4.56. The van der Waals surface area contributed by atoms with E-state index >= 15 is 0 Å². The lowest BCUT2D eigenvalue weighted by atomic mass is 9.90. The monoisotopic (exact) mass is 349 g/mol. The van der Waals surface area contributed by atoms with Crippen LogP contribution in [0, 0.1) is 5.92 Å². The third-order valence-electron chi connectivity index (χ3n) is 5.46. The molecule has 1 saturated heterocycles. The average molecular weight is 350 g/mol. The summed E-state index contributed by atoms with van der Waals surface area (Å²) in [4.78, 5) is 4.12. The van der Waals surface area contributed by atoms with Crippen molar-refractivity contribution in [1.82, 2.24) is 4.90 Å². The Morgan fingerprint density at radius 2 is 1.68 bits per heavy atom. The molecular formula is C23H27NS. The number of thioether (sulfide) groups is 1. The highest BCUT2D eigenvalue weighted by Crippen LogP contribution is 2.31. The van der Waals surface area contributed by atoms with Crippen molar-refractivity contribution in [2.75, 3.05) is 25.4 Å². The quantitative estimate of drug-likeness (QED) is 0.715. The SMILES string of the molecule is C1=C(CN2CCC(Cc3ccccc3)CC2)CCSc2ccccc21. The van der Waals surface area contributed by atoms with Gasteiger partial charge < -0.3 is 0 Å². The van der Waals surface area contributed by atoms with Gasteiger partial charge in [-0.1, -0.05) is 60.2 Å². The van der Waals surface area contributed by atoms with Gasteiger partial charge >= 0.3 is 0 Å². The molecule has 0 aromatic heterocycles. The van der Waals surface area contributed by atoms with Crippen molar-refractivity contribution in [2.24, 2.45) is 5.92 Å². The Labute approximate surface area is 156 Å². The minimum Gasteiger partial charge on any atom is -0.299 e. The van der Waals surface area contributed by atoms with E-state index in [1.165, 1.54) is 60.5 Å². The molecule has 2 aromatic rings. The van der Waals surface area contributed by atoms with Gasteiger partial charge in [-0.05, 0) is 61.9 Å². The molecule has 0 unspecified atom stereocenters. The number of hydrogen-bond donors (Lipinski definition) is 0. The minimum absolute atomic E-state index is 0.859. The molecule has 4 rings (SSSR count). The maximum Gasteiger partial charge on any atom is 0.0196 e. The van der Waals surface area contributed by atoms with E-state index in [1.54, 1.807) is 5.57 Å². The molecular weight excluding hydrogens is 322 g/mol. The zero-order valence-corrected chi connectivity index (χ0v) is 15.7. The zero-order chi connectivity index (χ0) is 16.9. The summed E-state index contributed by atoms with van der Waals surface area (Å²) in [6, 6.07) is 19.8. The van der Waals surface area contributed by atoms with Gasteiger partial charge in [0.1, 0.15) is 0 Å². The molecule has 2 aliphatic rings. The van der Waals surface area contributed by atoms with Crippen LogP contribution in [-0.2, 0) is 6.42 Å². The standard InChI is InChI=1S/C23H27NS/c1-2-6-19(7-3-1)16-20-10-13-24(14-11-20)18-21-12-15-25-23-9-5-4-8-22(23)17-21/h1-9,17,20H,10-16,18H2.